The van der Waals surface area contributed by atoms with Gasteiger partial charge >= 0.3 is 0 Å². The maximum atomic E-state index is 11.9. The Bertz CT molecular complexity index is 750. The fourth-order valence-electron chi connectivity index (χ4n) is 2.07. The number of carbonyl (C=O) groups is 1. The van der Waals surface area contributed by atoms with E-state index in [-0.39, 0.29) is 12.5 Å². The first-order chi connectivity index (χ1) is 10.7. The van der Waals surface area contributed by atoms with Gasteiger partial charge in [0.2, 0.25) is 5.91 Å². The highest BCUT2D eigenvalue weighted by molar-refractivity contribution is 7.15. The highest BCUT2D eigenvalue weighted by Gasteiger charge is 2.10. The summed E-state index contributed by atoms with van der Waals surface area (Å²) in [4.78, 5) is 17.5. The minimum Gasteiger partial charge on any atom is -0.350 e. The van der Waals surface area contributed by atoms with Crippen molar-refractivity contribution in [1.29, 1.82) is 0 Å². The van der Waals surface area contributed by atoms with E-state index in [0.29, 0.717) is 6.54 Å². The highest BCUT2D eigenvalue weighted by Crippen LogP contribution is 2.27. The number of benzene rings is 1. The predicted molar refractivity (Wildman–Crippen MR) is 86.4 cm³/mol. The van der Waals surface area contributed by atoms with Crippen molar-refractivity contribution in [2.75, 3.05) is 0 Å². The lowest BCUT2D eigenvalue weighted by Gasteiger charge is -2.04. The van der Waals surface area contributed by atoms with Gasteiger partial charge in [-0.25, -0.2) is 4.98 Å². The number of amides is 1. The first-order valence-corrected chi connectivity index (χ1v) is 7.80. The zero-order chi connectivity index (χ0) is 15.4. The third-order valence-electron chi connectivity index (χ3n) is 3.22. The van der Waals surface area contributed by atoms with Gasteiger partial charge in [-0.3, -0.25) is 9.48 Å². The smallest absolute Gasteiger partial charge is 0.242 e. The summed E-state index contributed by atoms with van der Waals surface area (Å²) in [5, 5.41) is 7.91. The van der Waals surface area contributed by atoms with E-state index in [4.69, 9.17) is 0 Å². The molecule has 2 heterocycles. The zero-order valence-electron chi connectivity index (χ0n) is 12.2. The van der Waals surface area contributed by atoms with E-state index in [1.54, 1.807) is 34.5 Å². The van der Waals surface area contributed by atoms with Gasteiger partial charge in [0, 0.05) is 22.8 Å². The Morgan fingerprint density at radius 2 is 2.09 bits per heavy atom. The Morgan fingerprint density at radius 1 is 1.27 bits per heavy atom. The van der Waals surface area contributed by atoms with E-state index in [1.807, 2.05) is 37.3 Å². The van der Waals surface area contributed by atoms with Crippen molar-refractivity contribution in [3.8, 4) is 10.6 Å². The molecule has 6 heteroatoms. The molecule has 3 aromatic rings. The lowest BCUT2D eigenvalue weighted by atomic mass is 10.2. The number of aryl methyl sites for hydroxylation is 1. The van der Waals surface area contributed by atoms with Crippen LogP contribution in [0.2, 0.25) is 0 Å². The number of nitrogens with one attached hydrogen (secondary N) is 1. The van der Waals surface area contributed by atoms with Gasteiger partial charge in [-0.2, -0.15) is 5.10 Å². The molecule has 5 nitrogen and oxygen atoms in total. The molecule has 0 atom stereocenters. The van der Waals surface area contributed by atoms with E-state index in [0.717, 1.165) is 21.1 Å². The normalized spacial score (nSPS) is 10.6. The first kappa shape index (κ1) is 14.5. The van der Waals surface area contributed by atoms with Crippen LogP contribution < -0.4 is 5.32 Å². The fraction of sp³-hybridized carbons (Fsp3) is 0.188. The van der Waals surface area contributed by atoms with Gasteiger partial charge in [-0.05, 0) is 13.0 Å². The lowest BCUT2D eigenvalue weighted by molar-refractivity contribution is -0.122. The summed E-state index contributed by atoms with van der Waals surface area (Å²) in [5.41, 5.74) is 2.06. The molecule has 1 aromatic carbocycles. The van der Waals surface area contributed by atoms with Gasteiger partial charge in [-0.1, -0.05) is 30.3 Å². The Balaban J connectivity index is 1.63. The second-order valence-corrected chi connectivity index (χ2v) is 5.96. The van der Waals surface area contributed by atoms with Crippen LogP contribution in [0.4, 0.5) is 0 Å². The quantitative estimate of drug-likeness (QED) is 0.788. The third-order valence-corrected chi connectivity index (χ3v) is 4.43. The maximum absolute atomic E-state index is 11.9. The van der Waals surface area contributed by atoms with Crippen LogP contribution in [0.3, 0.4) is 0 Å². The van der Waals surface area contributed by atoms with E-state index < -0.39 is 0 Å². The summed E-state index contributed by atoms with van der Waals surface area (Å²) >= 11 is 1.61. The van der Waals surface area contributed by atoms with Crippen LogP contribution in [-0.2, 0) is 17.9 Å². The summed E-state index contributed by atoms with van der Waals surface area (Å²) in [6.45, 7) is 2.70. The summed E-state index contributed by atoms with van der Waals surface area (Å²) in [6.07, 6.45) is 3.43. The molecule has 1 amide bonds. The number of nitrogens with zero attached hydrogens (tertiary/aromatic N) is 3. The molecule has 112 valence electrons. The Hall–Kier alpha value is -2.47. The van der Waals surface area contributed by atoms with Gasteiger partial charge in [0.1, 0.15) is 11.6 Å². The molecule has 0 aliphatic rings. The van der Waals surface area contributed by atoms with Crippen LogP contribution in [0.5, 0.6) is 0 Å². The molecule has 0 spiro atoms. The molecule has 0 radical (unpaired) electrons. The van der Waals surface area contributed by atoms with E-state index in [9.17, 15) is 4.79 Å². The van der Waals surface area contributed by atoms with Crippen molar-refractivity contribution >= 4 is 17.2 Å². The molecule has 0 saturated carbocycles. The van der Waals surface area contributed by atoms with Crippen molar-refractivity contribution in [2.45, 2.75) is 20.0 Å². The fourth-order valence-corrected chi connectivity index (χ4v) is 3.08. The standard InChI is InChI=1S/C16H16N4OS/c1-12-14(10-17-15(21)11-20-9-5-8-18-20)22-16(19-12)13-6-3-2-4-7-13/h2-9H,10-11H2,1H3,(H,17,21). The molecule has 0 saturated heterocycles. The van der Waals surface area contributed by atoms with Gasteiger partial charge in [0.15, 0.2) is 0 Å². The van der Waals surface area contributed by atoms with Gasteiger partial charge in [0.05, 0.1) is 12.2 Å². The molecule has 22 heavy (non-hydrogen) atoms. The highest BCUT2D eigenvalue weighted by atomic mass is 32.1. The lowest BCUT2D eigenvalue weighted by Crippen LogP contribution is -2.27. The third kappa shape index (κ3) is 3.40. The van der Waals surface area contributed by atoms with E-state index in [1.165, 1.54) is 0 Å². The van der Waals surface area contributed by atoms with Crippen molar-refractivity contribution in [1.82, 2.24) is 20.1 Å². The monoisotopic (exact) mass is 312 g/mol. The topological polar surface area (TPSA) is 59.8 Å². The largest absolute Gasteiger partial charge is 0.350 e. The number of aromatic nitrogens is 3. The SMILES string of the molecule is Cc1nc(-c2ccccc2)sc1CNC(=O)Cn1cccn1. The maximum Gasteiger partial charge on any atom is 0.242 e. The molecule has 0 bridgehead atoms. The van der Waals surface area contributed by atoms with Gasteiger partial charge in [-0.15, -0.1) is 11.3 Å². The second kappa shape index (κ2) is 6.53. The summed E-state index contributed by atoms with van der Waals surface area (Å²) in [7, 11) is 0. The number of carbonyl (C=O) groups excluding carboxylic acids is 1. The van der Waals surface area contributed by atoms with Crippen LogP contribution in [-0.4, -0.2) is 20.7 Å². The minimum absolute atomic E-state index is 0.0576. The number of rotatable bonds is 5. The van der Waals surface area contributed by atoms with Gasteiger partial charge in [0.25, 0.3) is 0 Å². The molecule has 0 aliphatic heterocycles. The van der Waals surface area contributed by atoms with Crippen molar-refractivity contribution in [2.24, 2.45) is 0 Å². The average Bonchev–Trinajstić information content (AvgIpc) is 3.16. The van der Waals surface area contributed by atoms with Crippen molar-refractivity contribution in [3.63, 3.8) is 0 Å². The molecule has 0 aliphatic carbocycles. The molecule has 3 rings (SSSR count). The van der Waals surface area contributed by atoms with E-state index in [2.05, 4.69) is 15.4 Å². The van der Waals surface area contributed by atoms with Crippen molar-refractivity contribution < 1.29 is 4.79 Å². The number of hydrogen-bond acceptors (Lipinski definition) is 4. The Morgan fingerprint density at radius 3 is 2.82 bits per heavy atom. The molecule has 0 fully saturated rings. The Kier molecular flexibility index (Phi) is 4.29. The summed E-state index contributed by atoms with van der Waals surface area (Å²) in [6, 6.07) is 11.9. The average molecular weight is 312 g/mol. The predicted octanol–water partition coefficient (Wildman–Crippen LogP) is 2.63. The molecule has 2 aromatic heterocycles. The second-order valence-electron chi connectivity index (χ2n) is 4.87. The molecular formula is C16H16N4OS. The van der Waals surface area contributed by atoms with Crippen LogP contribution >= 0.6 is 11.3 Å². The first-order valence-electron chi connectivity index (χ1n) is 6.98. The minimum atomic E-state index is -0.0576. The number of thiazole rings is 1. The van der Waals surface area contributed by atoms with Gasteiger partial charge < -0.3 is 5.32 Å². The molecule has 0 unspecified atom stereocenters. The van der Waals surface area contributed by atoms with E-state index >= 15 is 0 Å². The van der Waals surface area contributed by atoms with Crippen LogP contribution in [0, 0.1) is 6.92 Å². The van der Waals surface area contributed by atoms with Crippen molar-refractivity contribution in [3.05, 3.63) is 59.4 Å². The molecule has 1 N–H and O–H groups in total. The Labute approximate surface area is 132 Å². The van der Waals surface area contributed by atoms with Crippen LogP contribution in [0.15, 0.2) is 48.8 Å². The number of hydrogen-bond donors (Lipinski definition) is 1. The van der Waals surface area contributed by atoms with Crippen LogP contribution in [0.25, 0.3) is 10.6 Å². The summed E-state index contributed by atoms with van der Waals surface area (Å²) < 4.78 is 1.60. The zero-order valence-corrected chi connectivity index (χ0v) is 13.0. The molecular weight excluding hydrogens is 296 g/mol. The van der Waals surface area contributed by atoms with Crippen LogP contribution in [0.1, 0.15) is 10.6 Å². The summed E-state index contributed by atoms with van der Waals surface area (Å²) in [5.74, 6) is -0.0576.